The highest BCUT2D eigenvalue weighted by Crippen LogP contribution is 2.22. The molecule has 0 aliphatic rings. The molecule has 1 heterocycles. The van der Waals surface area contributed by atoms with Crippen LogP contribution in [0.25, 0.3) is 5.69 Å². The number of imide groups is 1. The number of benzene rings is 1. The van der Waals surface area contributed by atoms with Gasteiger partial charge in [0.1, 0.15) is 0 Å². The molecule has 21 heavy (non-hydrogen) atoms. The normalized spacial score (nSPS) is 11.9. The van der Waals surface area contributed by atoms with Crippen LogP contribution in [0.15, 0.2) is 29.4 Å². The molecule has 0 bridgehead atoms. The van der Waals surface area contributed by atoms with E-state index in [1.54, 1.807) is 6.92 Å². The zero-order valence-corrected chi connectivity index (χ0v) is 12.3. The van der Waals surface area contributed by atoms with Crippen molar-refractivity contribution >= 4 is 23.7 Å². The third-order valence-electron chi connectivity index (χ3n) is 2.62. The monoisotopic (exact) mass is 306 g/mol. The van der Waals surface area contributed by atoms with Crippen LogP contribution in [0.4, 0.5) is 4.79 Å². The van der Waals surface area contributed by atoms with Gasteiger partial charge in [0.05, 0.1) is 10.9 Å². The number of aromatic nitrogens is 4. The van der Waals surface area contributed by atoms with E-state index in [4.69, 9.17) is 5.73 Å². The quantitative estimate of drug-likeness (QED) is 0.801. The molecule has 0 fully saturated rings. The molecule has 2 rings (SSSR count). The molecule has 0 spiro atoms. The van der Waals surface area contributed by atoms with Crippen LogP contribution in [0.1, 0.15) is 12.5 Å². The Labute approximate surface area is 125 Å². The summed E-state index contributed by atoms with van der Waals surface area (Å²) in [7, 11) is 0. The number of primary amides is 1. The highest BCUT2D eigenvalue weighted by atomic mass is 32.2. The molecule has 2 aromatic rings. The number of carbonyl (C=O) groups excluding carboxylic acids is 2. The summed E-state index contributed by atoms with van der Waals surface area (Å²) >= 11 is 1.13. The summed E-state index contributed by atoms with van der Waals surface area (Å²) in [5, 5.41) is 13.3. The Morgan fingerprint density at radius 1 is 1.33 bits per heavy atom. The SMILES string of the molecule is Cc1ccc(-n2nnnc2S[C@@H](C)C(=O)NC(N)=O)cc1. The second-order valence-electron chi connectivity index (χ2n) is 4.32. The Morgan fingerprint density at radius 2 is 2.00 bits per heavy atom. The molecule has 110 valence electrons. The second kappa shape index (κ2) is 6.35. The fourth-order valence-electron chi connectivity index (χ4n) is 1.54. The summed E-state index contributed by atoms with van der Waals surface area (Å²) in [6, 6.07) is 6.75. The summed E-state index contributed by atoms with van der Waals surface area (Å²) in [5.74, 6) is -0.494. The first-order chi connectivity index (χ1) is 9.97. The maximum Gasteiger partial charge on any atom is 0.318 e. The molecule has 1 atom stereocenters. The van der Waals surface area contributed by atoms with Crippen molar-refractivity contribution < 1.29 is 9.59 Å². The number of nitrogens with one attached hydrogen (secondary N) is 1. The van der Waals surface area contributed by atoms with E-state index in [1.165, 1.54) is 4.68 Å². The summed E-state index contributed by atoms with van der Waals surface area (Å²) in [6.07, 6.45) is 0. The van der Waals surface area contributed by atoms with Gasteiger partial charge < -0.3 is 5.73 Å². The fraction of sp³-hybridized carbons (Fsp3) is 0.250. The lowest BCUT2D eigenvalue weighted by Gasteiger charge is -2.09. The molecule has 3 N–H and O–H groups in total. The maximum atomic E-state index is 11.7. The van der Waals surface area contributed by atoms with Gasteiger partial charge in [0.25, 0.3) is 0 Å². The van der Waals surface area contributed by atoms with Gasteiger partial charge in [0.2, 0.25) is 11.1 Å². The molecule has 0 aliphatic carbocycles. The highest BCUT2D eigenvalue weighted by molar-refractivity contribution is 8.00. The lowest BCUT2D eigenvalue weighted by molar-refractivity contribution is -0.119. The summed E-state index contributed by atoms with van der Waals surface area (Å²) in [5.41, 5.74) is 6.82. The number of hydrogen-bond acceptors (Lipinski definition) is 6. The van der Waals surface area contributed by atoms with Crippen LogP contribution in [0.3, 0.4) is 0 Å². The van der Waals surface area contributed by atoms with Gasteiger partial charge in [-0.15, -0.1) is 5.10 Å². The Balaban J connectivity index is 2.15. The van der Waals surface area contributed by atoms with Crippen molar-refractivity contribution in [2.24, 2.45) is 5.73 Å². The minimum absolute atomic E-state index is 0.450. The predicted octanol–water partition coefficient (Wildman–Crippen LogP) is 0.646. The lowest BCUT2D eigenvalue weighted by atomic mass is 10.2. The van der Waals surface area contributed by atoms with Gasteiger partial charge in [-0.2, -0.15) is 4.68 Å². The van der Waals surface area contributed by atoms with E-state index >= 15 is 0 Å². The molecule has 0 unspecified atom stereocenters. The zero-order chi connectivity index (χ0) is 15.4. The Bertz CT molecular complexity index is 654. The number of tetrazole rings is 1. The molecule has 0 saturated carbocycles. The standard InChI is InChI=1S/C12H14N6O2S/c1-7-3-5-9(6-4-7)18-12(15-16-17-18)21-8(2)10(19)14-11(13)20/h3-6,8H,1-2H3,(H3,13,14,19,20)/t8-/m0/s1. The number of aryl methyl sites for hydroxylation is 1. The van der Waals surface area contributed by atoms with Gasteiger partial charge >= 0.3 is 6.03 Å². The van der Waals surface area contributed by atoms with E-state index in [2.05, 4.69) is 15.5 Å². The number of amides is 3. The molecule has 3 amide bonds. The average Bonchev–Trinajstić information content (AvgIpc) is 2.87. The topological polar surface area (TPSA) is 116 Å². The molecule has 1 aromatic heterocycles. The fourth-order valence-corrected chi connectivity index (χ4v) is 2.34. The van der Waals surface area contributed by atoms with Crippen LogP contribution in [-0.4, -0.2) is 37.4 Å². The van der Waals surface area contributed by atoms with Crippen molar-refractivity contribution in [3.05, 3.63) is 29.8 Å². The number of carbonyl (C=O) groups is 2. The number of thioether (sulfide) groups is 1. The van der Waals surface area contributed by atoms with Crippen LogP contribution < -0.4 is 11.1 Å². The van der Waals surface area contributed by atoms with E-state index in [1.807, 2.05) is 36.5 Å². The van der Waals surface area contributed by atoms with Crippen molar-refractivity contribution in [3.8, 4) is 5.69 Å². The second-order valence-corrected chi connectivity index (χ2v) is 5.63. The third-order valence-corrected chi connectivity index (χ3v) is 3.65. The van der Waals surface area contributed by atoms with Crippen molar-refractivity contribution in [3.63, 3.8) is 0 Å². The molecule has 8 nitrogen and oxygen atoms in total. The number of nitrogens with zero attached hydrogens (tertiary/aromatic N) is 4. The summed E-state index contributed by atoms with van der Waals surface area (Å²) < 4.78 is 1.53. The summed E-state index contributed by atoms with van der Waals surface area (Å²) in [4.78, 5) is 22.3. The molecular weight excluding hydrogens is 292 g/mol. The van der Waals surface area contributed by atoms with Crippen molar-refractivity contribution in [2.45, 2.75) is 24.3 Å². The van der Waals surface area contributed by atoms with Crippen LogP contribution in [0.5, 0.6) is 0 Å². The first-order valence-corrected chi connectivity index (χ1v) is 6.97. The van der Waals surface area contributed by atoms with Crippen molar-refractivity contribution in [2.75, 3.05) is 0 Å². The van der Waals surface area contributed by atoms with E-state index in [0.29, 0.717) is 5.16 Å². The number of hydrogen-bond donors (Lipinski definition) is 2. The zero-order valence-electron chi connectivity index (χ0n) is 11.5. The molecular formula is C12H14N6O2S. The Hall–Kier alpha value is -2.42. The molecule has 0 aliphatic heterocycles. The maximum absolute atomic E-state index is 11.7. The summed E-state index contributed by atoms with van der Waals surface area (Å²) in [6.45, 7) is 3.62. The molecule has 0 saturated heterocycles. The van der Waals surface area contributed by atoms with Crippen LogP contribution >= 0.6 is 11.8 Å². The third kappa shape index (κ3) is 3.78. The highest BCUT2D eigenvalue weighted by Gasteiger charge is 2.20. The van der Waals surface area contributed by atoms with Gasteiger partial charge in [0.15, 0.2) is 0 Å². The molecule has 9 heteroatoms. The molecule has 0 radical (unpaired) electrons. The van der Waals surface area contributed by atoms with E-state index < -0.39 is 17.2 Å². The Morgan fingerprint density at radius 3 is 2.62 bits per heavy atom. The lowest BCUT2D eigenvalue weighted by Crippen LogP contribution is -2.39. The predicted molar refractivity (Wildman–Crippen MR) is 76.9 cm³/mol. The van der Waals surface area contributed by atoms with Crippen molar-refractivity contribution in [1.82, 2.24) is 25.5 Å². The van der Waals surface area contributed by atoms with Crippen LogP contribution in [0, 0.1) is 6.92 Å². The van der Waals surface area contributed by atoms with Crippen LogP contribution in [-0.2, 0) is 4.79 Å². The van der Waals surface area contributed by atoms with E-state index in [-0.39, 0.29) is 0 Å². The number of rotatable bonds is 4. The number of nitrogens with two attached hydrogens (primary N) is 1. The Kier molecular flexibility index (Phi) is 4.53. The van der Waals surface area contributed by atoms with Gasteiger partial charge in [-0.25, -0.2) is 4.79 Å². The van der Waals surface area contributed by atoms with Crippen LogP contribution in [0.2, 0.25) is 0 Å². The van der Waals surface area contributed by atoms with Gasteiger partial charge in [-0.05, 0) is 36.4 Å². The van der Waals surface area contributed by atoms with Gasteiger partial charge in [-0.3, -0.25) is 10.1 Å². The average molecular weight is 306 g/mol. The minimum Gasteiger partial charge on any atom is -0.351 e. The minimum atomic E-state index is -0.884. The largest absolute Gasteiger partial charge is 0.351 e. The van der Waals surface area contributed by atoms with Gasteiger partial charge in [-0.1, -0.05) is 29.5 Å². The smallest absolute Gasteiger partial charge is 0.318 e. The van der Waals surface area contributed by atoms with Gasteiger partial charge in [0, 0.05) is 0 Å². The first-order valence-electron chi connectivity index (χ1n) is 6.09. The van der Waals surface area contributed by atoms with E-state index in [9.17, 15) is 9.59 Å². The van der Waals surface area contributed by atoms with Crippen molar-refractivity contribution in [1.29, 1.82) is 0 Å². The molecule has 1 aromatic carbocycles. The first kappa shape index (κ1) is 15.0. The number of urea groups is 1. The van der Waals surface area contributed by atoms with E-state index in [0.717, 1.165) is 23.0 Å².